The van der Waals surface area contributed by atoms with E-state index in [4.69, 9.17) is 14.2 Å². The Hall–Kier alpha value is -2.71. The zero-order chi connectivity index (χ0) is 27.0. The minimum atomic E-state index is -0.967. The van der Waals surface area contributed by atoms with Crippen LogP contribution in [0.1, 0.15) is 56.6 Å². The van der Waals surface area contributed by atoms with E-state index in [0.29, 0.717) is 38.5 Å². The molecule has 1 aliphatic rings. The first-order valence-corrected chi connectivity index (χ1v) is 14.8. The largest absolute Gasteiger partial charge is 0.492 e. The lowest BCUT2D eigenvalue weighted by atomic mass is 9.98. The summed E-state index contributed by atoms with van der Waals surface area (Å²) in [5.41, 5.74) is 2.17. The van der Waals surface area contributed by atoms with E-state index in [1.54, 1.807) is 11.8 Å². The average Bonchev–Trinajstić information content (AvgIpc) is 2.93. The molecule has 1 N–H and O–H groups in total. The Morgan fingerprint density at radius 3 is 2.42 bits per heavy atom. The van der Waals surface area contributed by atoms with Gasteiger partial charge in [-0.1, -0.05) is 48.9 Å². The van der Waals surface area contributed by atoms with E-state index in [-0.39, 0.29) is 12.2 Å². The maximum atomic E-state index is 13.0. The molecule has 38 heavy (non-hydrogen) atoms. The summed E-state index contributed by atoms with van der Waals surface area (Å²) < 4.78 is 17.0. The number of carbonyl (C=O) groups is 2. The van der Waals surface area contributed by atoms with Crippen LogP contribution in [0.4, 0.5) is 4.79 Å². The molecule has 3 rings (SSSR count). The van der Waals surface area contributed by atoms with Crippen molar-refractivity contribution >= 4 is 23.8 Å². The van der Waals surface area contributed by atoms with Gasteiger partial charge in [-0.25, -0.2) is 9.59 Å². The molecular weight excluding hydrogens is 502 g/mol. The minimum Gasteiger partial charge on any atom is -0.492 e. The highest BCUT2D eigenvalue weighted by Gasteiger charge is 2.22. The van der Waals surface area contributed by atoms with Crippen molar-refractivity contribution in [1.29, 1.82) is 0 Å². The first-order valence-electron chi connectivity index (χ1n) is 13.7. The van der Waals surface area contributed by atoms with Crippen molar-refractivity contribution in [3.63, 3.8) is 0 Å². The Morgan fingerprint density at radius 1 is 1.00 bits per heavy atom. The lowest BCUT2D eigenvalue weighted by Gasteiger charge is -2.27. The minimum absolute atomic E-state index is 0.0194. The maximum absolute atomic E-state index is 13.0. The third kappa shape index (κ3) is 11.0. The number of thioether (sulfide) groups is 1. The summed E-state index contributed by atoms with van der Waals surface area (Å²) in [7, 11) is 0. The standard InChI is InChI=1S/C30H41NO6S/c1-2-35-28(29(32)33)22-24-14-16-26(17-15-24)36-20-19-31(30(34)37-27-12-7-4-8-13-27)18-9-21-38-23-25-10-5-3-6-11-25/h3,5-6,10-11,14-17,27-28H,2,4,7-9,12-13,18-23H2,1H3,(H,32,33). The molecule has 1 atom stereocenters. The van der Waals surface area contributed by atoms with Crippen LogP contribution in [0.5, 0.6) is 5.75 Å². The summed E-state index contributed by atoms with van der Waals surface area (Å²) in [6.07, 6.45) is 5.43. The van der Waals surface area contributed by atoms with Gasteiger partial charge in [0.15, 0.2) is 6.10 Å². The number of carboxylic acid groups (broad SMARTS) is 1. The van der Waals surface area contributed by atoms with Crippen LogP contribution in [-0.4, -0.2) is 66.3 Å². The lowest BCUT2D eigenvalue weighted by Crippen LogP contribution is -2.38. The highest BCUT2D eigenvalue weighted by Crippen LogP contribution is 2.21. The van der Waals surface area contributed by atoms with Crippen LogP contribution >= 0.6 is 11.8 Å². The van der Waals surface area contributed by atoms with Crippen molar-refractivity contribution in [2.45, 2.75) is 69.8 Å². The number of rotatable bonds is 16. The predicted octanol–water partition coefficient (Wildman–Crippen LogP) is 6.19. The molecule has 0 spiro atoms. The van der Waals surface area contributed by atoms with Gasteiger partial charge in [0.2, 0.25) is 0 Å². The molecule has 1 amide bonds. The molecule has 7 nitrogen and oxygen atoms in total. The van der Waals surface area contributed by atoms with Crippen LogP contribution in [0.25, 0.3) is 0 Å². The molecule has 0 heterocycles. The van der Waals surface area contributed by atoms with Crippen molar-refractivity contribution in [3.05, 3.63) is 65.7 Å². The van der Waals surface area contributed by atoms with Crippen LogP contribution in [0, 0.1) is 0 Å². The Morgan fingerprint density at radius 2 is 1.74 bits per heavy atom. The van der Waals surface area contributed by atoms with Gasteiger partial charge in [0.1, 0.15) is 18.5 Å². The Bertz CT molecular complexity index is 949. The molecule has 208 valence electrons. The predicted molar refractivity (Wildman–Crippen MR) is 151 cm³/mol. The number of benzene rings is 2. The second-order valence-electron chi connectivity index (χ2n) is 9.50. The van der Waals surface area contributed by atoms with Gasteiger partial charge < -0.3 is 24.2 Å². The summed E-state index contributed by atoms with van der Waals surface area (Å²) in [5, 5.41) is 9.29. The highest BCUT2D eigenvalue weighted by molar-refractivity contribution is 7.98. The highest BCUT2D eigenvalue weighted by atomic mass is 32.2. The summed E-state index contributed by atoms with van der Waals surface area (Å²) in [6, 6.07) is 17.8. The molecular formula is C30H41NO6S. The summed E-state index contributed by atoms with van der Waals surface area (Å²) in [4.78, 5) is 26.1. The number of hydrogen-bond acceptors (Lipinski definition) is 6. The third-order valence-electron chi connectivity index (χ3n) is 6.52. The van der Waals surface area contributed by atoms with Gasteiger partial charge in [-0.3, -0.25) is 0 Å². The van der Waals surface area contributed by atoms with Gasteiger partial charge in [0, 0.05) is 25.3 Å². The molecule has 0 bridgehead atoms. The summed E-state index contributed by atoms with van der Waals surface area (Å²) in [5.74, 6) is 1.63. The normalized spacial score (nSPS) is 14.6. The molecule has 2 aromatic carbocycles. The lowest BCUT2D eigenvalue weighted by molar-refractivity contribution is -0.149. The quantitative estimate of drug-likeness (QED) is 0.253. The third-order valence-corrected chi connectivity index (χ3v) is 7.64. The molecule has 2 aromatic rings. The molecule has 1 fully saturated rings. The number of aliphatic carboxylic acids is 1. The van der Waals surface area contributed by atoms with E-state index in [0.717, 1.165) is 49.2 Å². The molecule has 1 saturated carbocycles. The van der Waals surface area contributed by atoms with E-state index in [1.807, 2.05) is 42.1 Å². The van der Waals surface area contributed by atoms with Crippen molar-refractivity contribution < 1.29 is 28.9 Å². The molecule has 0 aromatic heterocycles. The van der Waals surface area contributed by atoms with Gasteiger partial charge in [-0.15, -0.1) is 0 Å². The van der Waals surface area contributed by atoms with Crippen molar-refractivity contribution in [1.82, 2.24) is 4.90 Å². The number of carbonyl (C=O) groups excluding carboxylic acids is 1. The number of amides is 1. The fraction of sp³-hybridized carbons (Fsp3) is 0.533. The zero-order valence-electron chi connectivity index (χ0n) is 22.4. The van der Waals surface area contributed by atoms with Crippen LogP contribution < -0.4 is 4.74 Å². The Kier molecular flexibility index (Phi) is 13.3. The van der Waals surface area contributed by atoms with Crippen LogP contribution in [0.15, 0.2) is 54.6 Å². The van der Waals surface area contributed by atoms with Crippen LogP contribution in [0.3, 0.4) is 0 Å². The van der Waals surface area contributed by atoms with E-state index >= 15 is 0 Å². The second kappa shape index (κ2) is 17.0. The van der Waals surface area contributed by atoms with Crippen LogP contribution in [0.2, 0.25) is 0 Å². The smallest absolute Gasteiger partial charge is 0.410 e. The summed E-state index contributed by atoms with van der Waals surface area (Å²) in [6.45, 7) is 3.56. The van der Waals surface area contributed by atoms with Crippen molar-refractivity contribution in [3.8, 4) is 5.75 Å². The number of nitrogens with zero attached hydrogens (tertiary/aromatic N) is 1. The SMILES string of the molecule is CCOC(Cc1ccc(OCCN(CCCSCc2ccccc2)C(=O)OC2CCCCC2)cc1)C(=O)O. The van der Waals surface area contributed by atoms with Gasteiger partial charge in [-0.05, 0) is 68.0 Å². The van der Waals surface area contributed by atoms with Gasteiger partial charge in [0.25, 0.3) is 0 Å². The van der Waals surface area contributed by atoms with E-state index < -0.39 is 12.1 Å². The Labute approximate surface area is 230 Å². The van der Waals surface area contributed by atoms with Gasteiger partial charge >= 0.3 is 12.1 Å². The second-order valence-corrected chi connectivity index (χ2v) is 10.6. The molecule has 1 aliphatic carbocycles. The Balaban J connectivity index is 1.46. The molecule has 1 unspecified atom stereocenters. The first kappa shape index (κ1) is 29.8. The fourth-order valence-electron chi connectivity index (χ4n) is 4.44. The van der Waals surface area contributed by atoms with E-state index in [1.165, 1.54) is 12.0 Å². The molecule has 8 heteroatoms. The monoisotopic (exact) mass is 543 g/mol. The molecule has 0 aliphatic heterocycles. The number of hydrogen-bond donors (Lipinski definition) is 1. The van der Waals surface area contributed by atoms with E-state index in [2.05, 4.69) is 24.3 Å². The van der Waals surface area contributed by atoms with Crippen molar-refractivity contribution in [2.24, 2.45) is 0 Å². The summed E-state index contributed by atoms with van der Waals surface area (Å²) >= 11 is 1.87. The van der Waals surface area contributed by atoms with E-state index in [9.17, 15) is 14.7 Å². The average molecular weight is 544 g/mol. The van der Waals surface area contributed by atoms with Gasteiger partial charge in [-0.2, -0.15) is 11.8 Å². The van der Waals surface area contributed by atoms with Crippen LogP contribution in [-0.2, 0) is 26.4 Å². The van der Waals surface area contributed by atoms with Crippen molar-refractivity contribution in [2.75, 3.05) is 32.1 Å². The topological polar surface area (TPSA) is 85.3 Å². The molecule has 0 saturated heterocycles. The first-order chi connectivity index (χ1) is 18.5. The zero-order valence-corrected chi connectivity index (χ0v) is 23.2. The number of ether oxygens (including phenoxy) is 3. The fourth-order valence-corrected chi connectivity index (χ4v) is 5.35. The number of carboxylic acids is 1. The maximum Gasteiger partial charge on any atom is 0.410 e. The molecule has 0 radical (unpaired) electrons. The van der Waals surface area contributed by atoms with Gasteiger partial charge in [0.05, 0.1) is 6.54 Å².